The first kappa shape index (κ1) is 21.6. The molecule has 0 saturated heterocycles. The van der Waals surface area contributed by atoms with Gasteiger partial charge in [0.1, 0.15) is 6.23 Å². The van der Waals surface area contributed by atoms with Crippen LogP contribution in [0.25, 0.3) is 0 Å². The molecule has 0 aliphatic carbocycles. The van der Waals surface area contributed by atoms with Gasteiger partial charge in [0.15, 0.2) is 0 Å². The zero-order valence-electron chi connectivity index (χ0n) is 13.9. The smallest absolute Gasteiger partial charge is 0.317 e. The number of unbranched alkanes of at least 4 members (excludes halogenated alkanes) is 4. The fourth-order valence-corrected chi connectivity index (χ4v) is 2.12. The molecule has 0 fully saturated rings. The standard InChI is InChI=1S/C16H30N2O5/c1-2-3-4-5-6-7-8-9-14(20)17-10-11-18(12-16(22)23)15(21)13-19/h2-3,15,19,21H,4-13H2,1H3,(H,17,20)(H,22,23)/b3-2+. The summed E-state index contributed by atoms with van der Waals surface area (Å²) in [6, 6.07) is 0. The topological polar surface area (TPSA) is 110 Å². The zero-order chi connectivity index (χ0) is 17.5. The minimum atomic E-state index is -1.24. The Hall–Kier alpha value is -1.44. The summed E-state index contributed by atoms with van der Waals surface area (Å²) >= 11 is 0. The lowest BCUT2D eigenvalue weighted by Gasteiger charge is -2.24. The van der Waals surface area contributed by atoms with E-state index in [0.717, 1.165) is 32.1 Å². The van der Waals surface area contributed by atoms with Crippen molar-refractivity contribution in [3.8, 4) is 0 Å². The molecule has 4 N–H and O–H groups in total. The highest BCUT2D eigenvalue weighted by Gasteiger charge is 2.17. The van der Waals surface area contributed by atoms with Gasteiger partial charge < -0.3 is 20.6 Å². The van der Waals surface area contributed by atoms with Crippen LogP contribution in [0.1, 0.15) is 45.4 Å². The Morgan fingerprint density at radius 3 is 2.52 bits per heavy atom. The number of hydrogen-bond donors (Lipinski definition) is 4. The van der Waals surface area contributed by atoms with E-state index in [1.165, 1.54) is 4.90 Å². The number of rotatable bonds is 14. The number of carbonyl (C=O) groups is 2. The maximum atomic E-state index is 11.7. The number of allylic oxidation sites excluding steroid dienone is 2. The van der Waals surface area contributed by atoms with E-state index in [9.17, 15) is 14.7 Å². The number of aliphatic hydroxyl groups is 2. The van der Waals surface area contributed by atoms with E-state index < -0.39 is 18.8 Å². The third-order valence-electron chi connectivity index (χ3n) is 3.40. The molecule has 0 radical (unpaired) electrons. The number of carboxylic acids is 1. The van der Waals surface area contributed by atoms with Gasteiger partial charge in [-0.3, -0.25) is 14.5 Å². The van der Waals surface area contributed by atoms with Crippen LogP contribution in [0, 0.1) is 0 Å². The zero-order valence-corrected chi connectivity index (χ0v) is 13.9. The van der Waals surface area contributed by atoms with Crippen molar-refractivity contribution < 1.29 is 24.9 Å². The van der Waals surface area contributed by atoms with Crippen molar-refractivity contribution in [3.05, 3.63) is 12.2 Å². The van der Waals surface area contributed by atoms with Crippen LogP contribution in [-0.2, 0) is 9.59 Å². The minimum absolute atomic E-state index is 0.0767. The molecule has 7 heteroatoms. The maximum Gasteiger partial charge on any atom is 0.317 e. The Kier molecular flexibility index (Phi) is 13.3. The van der Waals surface area contributed by atoms with Gasteiger partial charge in [0.2, 0.25) is 5.91 Å². The summed E-state index contributed by atoms with van der Waals surface area (Å²) in [5, 5.41) is 29.8. The van der Waals surface area contributed by atoms with Crippen molar-refractivity contribution in [1.82, 2.24) is 10.2 Å². The van der Waals surface area contributed by atoms with Crippen molar-refractivity contribution in [2.24, 2.45) is 0 Å². The van der Waals surface area contributed by atoms with Crippen LogP contribution in [0.3, 0.4) is 0 Å². The summed E-state index contributed by atoms with van der Waals surface area (Å²) in [6.45, 7) is 1.48. The van der Waals surface area contributed by atoms with Gasteiger partial charge in [0.25, 0.3) is 0 Å². The first-order valence-electron chi connectivity index (χ1n) is 8.13. The van der Waals surface area contributed by atoms with Gasteiger partial charge >= 0.3 is 5.97 Å². The molecule has 0 aromatic carbocycles. The van der Waals surface area contributed by atoms with Crippen LogP contribution in [0.15, 0.2) is 12.2 Å². The Morgan fingerprint density at radius 2 is 1.91 bits per heavy atom. The van der Waals surface area contributed by atoms with Crippen LogP contribution in [0.4, 0.5) is 0 Å². The molecule has 1 atom stereocenters. The minimum Gasteiger partial charge on any atom is -0.480 e. The number of aliphatic carboxylic acids is 1. The van der Waals surface area contributed by atoms with Gasteiger partial charge in [-0.1, -0.05) is 25.0 Å². The number of amides is 1. The summed E-state index contributed by atoms with van der Waals surface area (Å²) < 4.78 is 0. The van der Waals surface area contributed by atoms with Gasteiger partial charge in [0, 0.05) is 19.5 Å². The summed E-state index contributed by atoms with van der Waals surface area (Å²) in [6.07, 6.45) is 8.55. The van der Waals surface area contributed by atoms with Crippen LogP contribution in [0.2, 0.25) is 0 Å². The molecule has 134 valence electrons. The summed E-state index contributed by atoms with van der Waals surface area (Å²) in [5.74, 6) is -1.17. The number of carboxylic acid groups (broad SMARTS) is 1. The second kappa shape index (κ2) is 14.2. The lowest BCUT2D eigenvalue weighted by molar-refractivity contribution is -0.142. The molecule has 0 saturated carbocycles. The Morgan fingerprint density at radius 1 is 1.22 bits per heavy atom. The van der Waals surface area contributed by atoms with Gasteiger partial charge in [-0.25, -0.2) is 0 Å². The lowest BCUT2D eigenvalue weighted by Crippen LogP contribution is -2.45. The van der Waals surface area contributed by atoms with Gasteiger partial charge in [-0.15, -0.1) is 0 Å². The Bertz CT molecular complexity index is 360. The van der Waals surface area contributed by atoms with Crippen LogP contribution >= 0.6 is 0 Å². The highest BCUT2D eigenvalue weighted by molar-refractivity contribution is 5.75. The second-order valence-electron chi connectivity index (χ2n) is 5.40. The molecule has 0 aromatic heterocycles. The molecule has 0 spiro atoms. The Balaban J connectivity index is 3.76. The third kappa shape index (κ3) is 12.8. The van der Waals surface area contributed by atoms with E-state index in [4.69, 9.17) is 10.2 Å². The molecule has 1 unspecified atom stereocenters. The molecular weight excluding hydrogens is 300 g/mol. The molecule has 7 nitrogen and oxygen atoms in total. The molecule has 0 rings (SSSR count). The predicted octanol–water partition coefficient (Wildman–Crippen LogP) is 0.717. The van der Waals surface area contributed by atoms with E-state index in [1.807, 2.05) is 13.0 Å². The summed E-state index contributed by atoms with van der Waals surface area (Å²) in [7, 11) is 0. The number of nitrogens with zero attached hydrogens (tertiary/aromatic N) is 1. The average molecular weight is 330 g/mol. The highest BCUT2D eigenvalue weighted by Crippen LogP contribution is 2.05. The van der Waals surface area contributed by atoms with Crippen molar-refractivity contribution >= 4 is 11.9 Å². The highest BCUT2D eigenvalue weighted by atomic mass is 16.4. The number of nitrogens with one attached hydrogen (secondary N) is 1. The molecule has 0 aromatic rings. The van der Waals surface area contributed by atoms with Crippen molar-refractivity contribution in [2.75, 3.05) is 26.2 Å². The lowest BCUT2D eigenvalue weighted by atomic mass is 10.1. The first-order valence-corrected chi connectivity index (χ1v) is 8.13. The van der Waals surface area contributed by atoms with Crippen LogP contribution < -0.4 is 5.32 Å². The van der Waals surface area contributed by atoms with Gasteiger partial charge in [-0.05, 0) is 26.2 Å². The van der Waals surface area contributed by atoms with Crippen molar-refractivity contribution in [2.45, 2.75) is 51.7 Å². The van der Waals surface area contributed by atoms with E-state index in [1.54, 1.807) is 0 Å². The number of hydrogen-bond acceptors (Lipinski definition) is 5. The fourth-order valence-electron chi connectivity index (χ4n) is 2.12. The number of carbonyl (C=O) groups excluding carboxylic acids is 1. The van der Waals surface area contributed by atoms with E-state index in [-0.39, 0.29) is 25.5 Å². The Labute approximate surface area is 138 Å². The molecule has 0 aliphatic rings. The normalized spacial score (nSPS) is 12.7. The molecule has 1 amide bonds. The van der Waals surface area contributed by atoms with Crippen LogP contribution in [-0.4, -0.2) is 64.6 Å². The largest absolute Gasteiger partial charge is 0.480 e. The molecule has 0 heterocycles. The summed E-state index contributed by atoms with van der Waals surface area (Å²) in [5.41, 5.74) is 0. The molecule has 0 bridgehead atoms. The maximum absolute atomic E-state index is 11.7. The van der Waals surface area contributed by atoms with Crippen molar-refractivity contribution in [1.29, 1.82) is 0 Å². The van der Waals surface area contributed by atoms with E-state index in [0.29, 0.717) is 6.42 Å². The quantitative estimate of drug-likeness (QED) is 0.212. The molecule has 0 aliphatic heterocycles. The second-order valence-corrected chi connectivity index (χ2v) is 5.40. The predicted molar refractivity (Wildman–Crippen MR) is 87.8 cm³/mol. The van der Waals surface area contributed by atoms with Gasteiger partial charge in [0.05, 0.1) is 13.2 Å². The monoisotopic (exact) mass is 330 g/mol. The third-order valence-corrected chi connectivity index (χ3v) is 3.40. The van der Waals surface area contributed by atoms with Crippen LogP contribution in [0.5, 0.6) is 0 Å². The van der Waals surface area contributed by atoms with E-state index >= 15 is 0 Å². The molecular formula is C16H30N2O5. The SMILES string of the molecule is C/C=C/CCCCCCC(=O)NCCN(CC(=O)O)C(O)CO. The summed E-state index contributed by atoms with van der Waals surface area (Å²) in [4.78, 5) is 23.5. The fraction of sp³-hybridized carbons (Fsp3) is 0.750. The number of aliphatic hydroxyl groups excluding tert-OH is 2. The first-order chi connectivity index (χ1) is 11.0. The average Bonchev–Trinajstić information content (AvgIpc) is 2.52. The molecule has 23 heavy (non-hydrogen) atoms. The van der Waals surface area contributed by atoms with Gasteiger partial charge in [-0.2, -0.15) is 0 Å². The van der Waals surface area contributed by atoms with E-state index in [2.05, 4.69) is 11.4 Å². The van der Waals surface area contributed by atoms with Crippen molar-refractivity contribution in [3.63, 3.8) is 0 Å².